The van der Waals surface area contributed by atoms with Gasteiger partial charge >= 0.3 is 0 Å². The fraction of sp³-hybridized carbons (Fsp3) is 0. The van der Waals surface area contributed by atoms with E-state index in [9.17, 15) is 0 Å². The molecule has 0 radical (unpaired) electrons. The smallest absolute Gasteiger partial charge is 0.158 e. The van der Waals surface area contributed by atoms with Crippen LogP contribution in [0.15, 0.2) is 26.5 Å². The zero-order valence-corrected chi connectivity index (χ0v) is 8.93. The number of aromatic nitrogens is 2. The van der Waals surface area contributed by atoms with Crippen LogP contribution in [0.1, 0.15) is 0 Å². The van der Waals surface area contributed by atoms with E-state index in [0.717, 1.165) is 8.68 Å². The molecule has 0 atom stereocenters. The Morgan fingerprint density at radius 2 is 2.25 bits per heavy atom. The second-order valence-corrected chi connectivity index (χ2v) is 5.88. The Morgan fingerprint density at radius 3 is 2.83 bits per heavy atom. The Morgan fingerprint density at radius 1 is 1.33 bits per heavy atom. The minimum atomic E-state index is 0.717. The van der Waals surface area contributed by atoms with Gasteiger partial charge in [0.15, 0.2) is 8.68 Å². The topological polar surface area (TPSA) is 25.8 Å². The molecule has 2 heterocycles. The molecule has 0 aliphatic heterocycles. The highest BCUT2D eigenvalue weighted by atomic mass is 35.5. The summed E-state index contributed by atoms with van der Waals surface area (Å²) >= 11 is 10.3. The van der Waals surface area contributed by atoms with Crippen molar-refractivity contribution in [1.82, 2.24) is 9.97 Å². The molecule has 2 aromatic rings. The van der Waals surface area contributed by atoms with Gasteiger partial charge in [0, 0.05) is 11.6 Å². The van der Waals surface area contributed by atoms with Crippen molar-refractivity contribution < 1.29 is 0 Å². The SMILES string of the molecule is Clc1cnc(Sc2nccs2)s1. The first-order chi connectivity index (χ1) is 5.84. The Hall–Kier alpha value is -0.100. The molecule has 0 fully saturated rings. The summed E-state index contributed by atoms with van der Waals surface area (Å²) in [5, 5.41) is 1.94. The molecule has 0 aliphatic carbocycles. The van der Waals surface area contributed by atoms with Crippen LogP contribution in [0.3, 0.4) is 0 Å². The lowest BCUT2D eigenvalue weighted by Gasteiger charge is -1.86. The van der Waals surface area contributed by atoms with Crippen molar-refractivity contribution in [2.24, 2.45) is 0 Å². The fourth-order valence-electron chi connectivity index (χ4n) is 0.622. The van der Waals surface area contributed by atoms with Crippen LogP contribution >= 0.6 is 46.0 Å². The van der Waals surface area contributed by atoms with Crippen LogP contribution in [0.4, 0.5) is 0 Å². The van der Waals surface area contributed by atoms with Gasteiger partial charge in [0.05, 0.1) is 6.20 Å². The molecular weight excluding hydrogens is 232 g/mol. The van der Waals surface area contributed by atoms with Crippen LogP contribution in [0, 0.1) is 0 Å². The molecule has 0 spiro atoms. The maximum atomic E-state index is 5.73. The van der Waals surface area contributed by atoms with Crippen molar-refractivity contribution >= 4 is 46.0 Å². The maximum Gasteiger partial charge on any atom is 0.158 e. The Labute approximate surface area is 86.6 Å². The molecule has 0 bridgehead atoms. The maximum absolute atomic E-state index is 5.73. The third kappa shape index (κ3) is 1.98. The molecule has 2 nitrogen and oxygen atoms in total. The van der Waals surface area contributed by atoms with Crippen LogP contribution in [-0.2, 0) is 0 Å². The van der Waals surface area contributed by atoms with Crippen molar-refractivity contribution in [2.45, 2.75) is 8.68 Å². The minimum absolute atomic E-state index is 0.717. The van der Waals surface area contributed by atoms with E-state index in [0.29, 0.717) is 4.34 Å². The van der Waals surface area contributed by atoms with E-state index < -0.39 is 0 Å². The predicted octanol–water partition coefficient (Wildman–Crippen LogP) is 3.40. The summed E-state index contributed by atoms with van der Waals surface area (Å²) < 4.78 is 2.66. The second kappa shape index (κ2) is 3.74. The van der Waals surface area contributed by atoms with Gasteiger partial charge in [-0.1, -0.05) is 22.9 Å². The van der Waals surface area contributed by atoms with E-state index >= 15 is 0 Å². The zero-order valence-electron chi connectivity index (χ0n) is 5.73. The van der Waals surface area contributed by atoms with Gasteiger partial charge in [0.1, 0.15) is 4.34 Å². The average molecular weight is 235 g/mol. The molecule has 0 amide bonds. The van der Waals surface area contributed by atoms with Crippen LogP contribution in [0.5, 0.6) is 0 Å². The Bertz CT molecular complexity index is 357. The van der Waals surface area contributed by atoms with Crippen LogP contribution in [-0.4, -0.2) is 9.97 Å². The van der Waals surface area contributed by atoms with E-state index in [-0.39, 0.29) is 0 Å². The first-order valence-electron chi connectivity index (χ1n) is 3.03. The highest BCUT2D eigenvalue weighted by Crippen LogP contribution is 2.33. The predicted molar refractivity (Wildman–Crippen MR) is 53.4 cm³/mol. The Kier molecular flexibility index (Phi) is 2.65. The average Bonchev–Trinajstić information content (AvgIpc) is 2.63. The lowest BCUT2D eigenvalue weighted by Crippen LogP contribution is -1.66. The quantitative estimate of drug-likeness (QED) is 0.797. The molecule has 0 unspecified atom stereocenters. The Balaban J connectivity index is 2.14. The van der Waals surface area contributed by atoms with Crippen molar-refractivity contribution in [3.05, 3.63) is 22.1 Å². The van der Waals surface area contributed by atoms with Gasteiger partial charge in [-0.15, -0.1) is 11.3 Å². The molecule has 62 valence electrons. The summed E-state index contributed by atoms with van der Waals surface area (Å²) in [5.74, 6) is 0. The van der Waals surface area contributed by atoms with Crippen molar-refractivity contribution in [3.63, 3.8) is 0 Å². The number of rotatable bonds is 2. The number of halogens is 1. The first-order valence-corrected chi connectivity index (χ1v) is 5.92. The molecule has 2 rings (SSSR count). The number of hydrogen-bond donors (Lipinski definition) is 0. The summed E-state index contributed by atoms with van der Waals surface area (Å²) in [4.78, 5) is 8.23. The number of thiazole rings is 2. The number of nitrogens with zero attached hydrogens (tertiary/aromatic N) is 2. The van der Waals surface area contributed by atoms with Gasteiger partial charge in [-0.25, -0.2) is 9.97 Å². The van der Waals surface area contributed by atoms with Crippen LogP contribution in [0.2, 0.25) is 4.34 Å². The van der Waals surface area contributed by atoms with Crippen molar-refractivity contribution in [3.8, 4) is 0 Å². The summed E-state index contributed by atoms with van der Waals surface area (Å²) in [7, 11) is 0. The second-order valence-electron chi connectivity index (χ2n) is 1.83. The molecule has 0 aromatic carbocycles. The summed E-state index contributed by atoms with van der Waals surface area (Å²) in [6, 6.07) is 0. The largest absolute Gasteiger partial charge is 0.238 e. The van der Waals surface area contributed by atoms with Crippen molar-refractivity contribution in [1.29, 1.82) is 0 Å². The van der Waals surface area contributed by atoms with Gasteiger partial charge in [0.2, 0.25) is 0 Å². The van der Waals surface area contributed by atoms with E-state index in [1.807, 2.05) is 5.38 Å². The molecule has 6 heteroatoms. The molecule has 0 saturated carbocycles. The van der Waals surface area contributed by atoms with Gasteiger partial charge in [-0.05, 0) is 11.8 Å². The summed E-state index contributed by atoms with van der Waals surface area (Å²) in [6.45, 7) is 0. The van der Waals surface area contributed by atoms with Gasteiger partial charge < -0.3 is 0 Å². The van der Waals surface area contributed by atoms with Crippen LogP contribution in [0.25, 0.3) is 0 Å². The van der Waals surface area contributed by atoms with E-state index in [1.54, 1.807) is 35.5 Å². The molecular formula is C6H3ClN2S3. The normalized spacial score (nSPS) is 10.4. The molecule has 12 heavy (non-hydrogen) atoms. The lowest BCUT2D eigenvalue weighted by molar-refractivity contribution is 1.21. The number of hydrogen-bond acceptors (Lipinski definition) is 5. The monoisotopic (exact) mass is 234 g/mol. The van der Waals surface area contributed by atoms with E-state index in [2.05, 4.69) is 9.97 Å². The third-order valence-corrected chi connectivity index (χ3v) is 4.11. The third-order valence-electron chi connectivity index (χ3n) is 1.04. The first kappa shape index (κ1) is 8.50. The summed E-state index contributed by atoms with van der Waals surface area (Å²) in [5.41, 5.74) is 0. The standard InChI is InChI=1S/C6H3ClN2S3/c7-4-3-9-6(11-4)12-5-8-1-2-10-5/h1-3H. The van der Waals surface area contributed by atoms with Crippen molar-refractivity contribution in [2.75, 3.05) is 0 Å². The highest BCUT2D eigenvalue weighted by Gasteiger charge is 2.03. The summed E-state index contributed by atoms with van der Waals surface area (Å²) in [6.07, 6.45) is 3.43. The highest BCUT2D eigenvalue weighted by molar-refractivity contribution is 8.02. The zero-order chi connectivity index (χ0) is 8.39. The molecule has 0 saturated heterocycles. The van der Waals surface area contributed by atoms with E-state index in [4.69, 9.17) is 11.6 Å². The van der Waals surface area contributed by atoms with Gasteiger partial charge in [0.25, 0.3) is 0 Å². The van der Waals surface area contributed by atoms with E-state index in [1.165, 1.54) is 11.3 Å². The fourth-order valence-corrected chi connectivity index (χ4v) is 3.56. The molecule has 2 aromatic heterocycles. The molecule has 0 aliphatic rings. The molecule has 0 N–H and O–H groups in total. The van der Waals surface area contributed by atoms with Gasteiger partial charge in [-0.3, -0.25) is 0 Å². The van der Waals surface area contributed by atoms with Gasteiger partial charge in [-0.2, -0.15) is 0 Å². The van der Waals surface area contributed by atoms with Crippen LogP contribution < -0.4 is 0 Å². The minimum Gasteiger partial charge on any atom is -0.238 e. The lowest BCUT2D eigenvalue weighted by atomic mass is 11.0.